The highest BCUT2D eigenvalue weighted by atomic mass is 16.2. The lowest BCUT2D eigenvalue weighted by atomic mass is 9.82. The van der Waals surface area contributed by atoms with Gasteiger partial charge in [-0.25, -0.2) is 9.97 Å². The first-order chi connectivity index (χ1) is 9.15. The Labute approximate surface area is 113 Å². The van der Waals surface area contributed by atoms with E-state index in [1.54, 1.807) is 0 Å². The third-order valence-corrected chi connectivity index (χ3v) is 4.14. The van der Waals surface area contributed by atoms with E-state index in [1.165, 1.54) is 19.3 Å². The molecule has 1 N–H and O–H groups in total. The van der Waals surface area contributed by atoms with Gasteiger partial charge in [-0.3, -0.25) is 4.79 Å². The maximum absolute atomic E-state index is 11.7. The summed E-state index contributed by atoms with van der Waals surface area (Å²) in [5, 5.41) is 2.87. The molecule has 102 valence electrons. The second-order valence-corrected chi connectivity index (χ2v) is 5.52. The van der Waals surface area contributed by atoms with Crippen molar-refractivity contribution >= 4 is 11.9 Å². The monoisotopic (exact) mass is 260 g/mol. The molecule has 2 fully saturated rings. The number of nitrogens with one attached hydrogen (secondary N) is 1. The van der Waals surface area contributed by atoms with Gasteiger partial charge >= 0.3 is 0 Å². The van der Waals surface area contributed by atoms with Gasteiger partial charge < -0.3 is 10.2 Å². The maximum atomic E-state index is 11.7. The van der Waals surface area contributed by atoms with Crippen LogP contribution in [0.1, 0.15) is 43.5 Å². The minimum Gasteiger partial charge on any atom is -0.353 e. The summed E-state index contributed by atoms with van der Waals surface area (Å²) in [6, 6.07) is 1.90. The summed E-state index contributed by atoms with van der Waals surface area (Å²) in [6.45, 7) is 5.35. The first-order valence-corrected chi connectivity index (χ1v) is 7.05. The number of piperazine rings is 1. The van der Waals surface area contributed by atoms with Crippen LogP contribution in [0.25, 0.3) is 0 Å². The molecule has 0 spiro atoms. The molecule has 1 atom stereocenters. The summed E-state index contributed by atoms with van der Waals surface area (Å²) >= 11 is 0. The number of hydrogen-bond acceptors (Lipinski definition) is 4. The fraction of sp³-hybridized carbons (Fsp3) is 0.643. The van der Waals surface area contributed by atoms with Crippen molar-refractivity contribution in [1.29, 1.82) is 0 Å². The Morgan fingerprint density at radius 1 is 1.37 bits per heavy atom. The summed E-state index contributed by atoms with van der Waals surface area (Å²) < 4.78 is 0. The van der Waals surface area contributed by atoms with Crippen molar-refractivity contribution < 1.29 is 4.79 Å². The number of nitrogens with zero attached hydrogens (tertiary/aromatic N) is 3. The number of aromatic nitrogens is 2. The van der Waals surface area contributed by atoms with Crippen molar-refractivity contribution in [3.05, 3.63) is 17.5 Å². The molecular formula is C14H20N4O. The first kappa shape index (κ1) is 12.4. The zero-order chi connectivity index (χ0) is 13.4. The van der Waals surface area contributed by atoms with E-state index in [2.05, 4.69) is 16.4 Å². The van der Waals surface area contributed by atoms with Crippen molar-refractivity contribution in [3.8, 4) is 0 Å². The lowest BCUT2D eigenvalue weighted by Crippen LogP contribution is -2.54. The summed E-state index contributed by atoms with van der Waals surface area (Å²) in [7, 11) is 0. The zero-order valence-electron chi connectivity index (χ0n) is 11.5. The van der Waals surface area contributed by atoms with Gasteiger partial charge in [-0.15, -0.1) is 0 Å². The third-order valence-electron chi connectivity index (χ3n) is 4.14. The first-order valence-electron chi connectivity index (χ1n) is 7.05. The Morgan fingerprint density at radius 3 is 2.84 bits per heavy atom. The minimum absolute atomic E-state index is 0.0570. The topological polar surface area (TPSA) is 58.1 Å². The highest BCUT2D eigenvalue weighted by Gasteiger charge is 2.29. The number of rotatable bonds is 2. The van der Waals surface area contributed by atoms with E-state index >= 15 is 0 Å². The Kier molecular flexibility index (Phi) is 3.12. The molecule has 5 nitrogen and oxygen atoms in total. The van der Waals surface area contributed by atoms with Gasteiger partial charge in [0.2, 0.25) is 11.9 Å². The average Bonchev–Trinajstić information content (AvgIpc) is 2.29. The molecule has 1 saturated carbocycles. The van der Waals surface area contributed by atoms with Crippen molar-refractivity contribution in [1.82, 2.24) is 15.3 Å². The maximum Gasteiger partial charge on any atom is 0.242 e. The normalized spacial score (nSPS) is 24.0. The molecule has 2 heterocycles. The van der Waals surface area contributed by atoms with Crippen molar-refractivity contribution in [2.24, 2.45) is 0 Å². The molecule has 0 bridgehead atoms. The van der Waals surface area contributed by atoms with E-state index < -0.39 is 0 Å². The van der Waals surface area contributed by atoms with E-state index in [4.69, 9.17) is 4.98 Å². The van der Waals surface area contributed by atoms with Crippen LogP contribution in [0.4, 0.5) is 5.95 Å². The second kappa shape index (κ2) is 4.79. The highest BCUT2D eigenvalue weighted by molar-refractivity contribution is 5.85. The number of anilines is 1. The van der Waals surface area contributed by atoms with Crippen molar-refractivity contribution in [2.75, 3.05) is 18.0 Å². The molecule has 0 unspecified atom stereocenters. The van der Waals surface area contributed by atoms with Gasteiger partial charge in [0.1, 0.15) is 6.04 Å². The predicted octanol–water partition coefficient (Wildman–Crippen LogP) is 1.38. The fourth-order valence-electron chi connectivity index (χ4n) is 2.67. The molecule has 1 aliphatic carbocycles. The van der Waals surface area contributed by atoms with Crippen LogP contribution in [0, 0.1) is 6.92 Å². The molecule has 1 saturated heterocycles. The van der Waals surface area contributed by atoms with Crippen molar-refractivity contribution in [2.45, 2.75) is 45.1 Å². The molecule has 5 heteroatoms. The number of aryl methyl sites for hydroxylation is 1. The van der Waals surface area contributed by atoms with Gasteiger partial charge in [-0.05, 0) is 32.8 Å². The molecule has 19 heavy (non-hydrogen) atoms. The van der Waals surface area contributed by atoms with Crippen LogP contribution in [0.3, 0.4) is 0 Å². The lowest BCUT2D eigenvalue weighted by molar-refractivity contribution is -0.122. The van der Waals surface area contributed by atoms with E-state index in [0.29, 0.717) is 18.4 Å². The van der Waals surface area contributed by atoms with Crippen molar-refractivity contribution in [3.63, 3.8) is 0 Å². The van der Waals surface area contributed by atoms with E-state index in [0.717, 1.165) is 17.9 Å². The Hall–Kier alpha value is -1.65. The molecule has 1 aliphatic heterocycles. The quantitative estimate of drug-likeness (QED) is 0.872. The molecular weight excluding hydrogens is 240 g/mol. The van der Waals surface area contributed by atoms with Gasteiger partial charge in [0.15, 0.2) is 0 Å². The molecule has 0 aromatic carbocycles. The molecule has 2 aliphatic rings. The number of carbonyl (C=O) groups is 1. The van der Waals surface area contributed by atoms with Crippen LogP contribution in [0.15, 0.2) is 6.07 Å². The highest BCUT2D eigenvalue weighted by Crippen LogP contribution is 2.36. The van der Waals surface area contributed by atoms with Crippen LogP contribution >= 0.6 is 0 Å². The van der Waals surface area contributed by atoms with E-state index in [-0.39, 0.29) is 11.9 Å². The zero-order valence-corrected chi connectivity index (χ0v) is 11.5. The smallest absolute Gasteiger partial charge is 0.242 e. The van der Waals surface area contributed by atoms with Gasteiger partial charge in [0.25, 0.3) is 0 Å². The molecule has 1 amide bonds. The average molecular weight is 260 g/mol. The number of hydrogen-bond donors (Lipinski definition) is 1. The van der Waals surface area contributed by atoms with Gasteiger partial charge in [-0.1, -0.05) is 6.42 Å². The minimum atomic E-state index is -0.190. The van der Waals surface area contributed by atoms with E-state index in [9.17, 15) is 4.79 Å². The number of carbonyl (C=O) groups excluding carboxylic acids is 1. The number of amides is 1. The Morgan fingerprint density at radius 2 is 2.16 bits per heavy atom. The largest absolute Gasteiger partial charge is 0.353 e. The fourth-order valence-corrected chi connectivity index (χ4v) is 2.67. The molecule has 0 radical (unpaired) electrons. The lowest BCUT2D eigenvalue weighted by Gasteiger charge is -2.34. The SMILES string of the molecule is Cc1cc(C2CCC2)nc(N2CCNC(=O)[C@H]2C)n1. The third kappa shape index (κ3) is 2.29. The van der Waals surface area contributed by atoms with Crippen LogP contribution in [0.2, 0.25) is 0 Å². The van der Waals surface area contributed by atoms with Gasteiger partial charge in [0.05, 0.1) is 0 Å². The summed E-state index contributed by atoms with van der Waals surface area (Å²) in [6.07, 6.45) is 3.75. The Bertz CT molecular complexity index is 498. The summed E-state index contributed by atoms with van der Waals surface area (Å²) in [5.41, 5.74) is 2.14. The van der Waals surface area contributed by atoms with Crippen LogP contribution in [-0.2, 0) is 4.79 Å². The van der Waals surface area contributed by atoms with E-state index in [1.807, 2.05) is 18.7 Å². The Balaban J connectivity index is 1.90. The summed E-state index contributed by atoms with van der Waals surface area (Å²) in [5.74, 6) is 1.36. The van der Waals surface area contributed by atoms with Crippen LogP contribution in [-0.4, -0.2) is 35.0 Å². The summed E-state index contributed by atoms with van der Waals surface area (Å²) in [4.78, 5) is 23.0. The molecule has 1 aromatic rings. The van der Waals surface area contributed by atoms with Gasteiger partial charge in [-0.2, -0.15) is 0 Å². The molecule has 3 rings (SSSR count). The second-order valence-electron chi connectivity index (χ2n) is 5.52. The van der Waals surface area contributed by atoms with Gasteiger partial charge in [0, 0.05) is 30.4 Å². The predicted molar refractivity (Wildman–Crippen MR) is 73.2 cm³/mol. The van der Waals surface area contributed by atoms with Crippen LogP contribution < -0.4 is 10.2 Å². The van der Waals surface area contributed by atoms with Crippen LogP contribution in [0.5, 0.6) is 0 Å². The molecule has 1 aromatic heterocycles. The standard InChI is InChI=1S/C14H20N4O/c1-9-8-12(11-4-3-5-11)17-14(16-9)18-7-6-15-13(19)10(18)2/h8,10-11H,3-7H2,1-2H3,(H,15,19)/t10-/m1/s1.